The average Bonchev–Trinajstić information content (AvgIpc) is 2.28. The number of rotatable bonds is 6. The molecule has 0 amide bonds. The molecule has 0 aliphatic heterocycles. The van der Waals surface area contributed by atoms with Gasteiger partial charge in [-0.05, 0) is 25.8 Å². The van der Waals surface area contributed by atoms with Gasteiger partial charge in [0, 0.05) is 6.54 Å². The lowest BCUT2D eigenvalue weighted by atomic mass is 10.1. The van der Waals surface area contributed by atoms with Crippen molar-refractivity contribution in [2.45, 2.75) is 20.3 Å². The maximum Gasteiger partial charge on any atom is 0.221 e. The van der Waals surface area contributed by atoms with E-state index in [0.29, 0.717) is 11.8 Å². The van der Waals surface area contributed by atoms with Crippen LogP contribution in [-0.2, 0) is 0 Å². The van der Waals surface area contributed by atoms with Crippen LogP contribution in [0.25, 0.3) is 0 Å². The summed E-state index contributed by atoms with van der Waals surface area (Å²) < 4.78 is 5.13. The predicted molar refractivity (Wildman–Crippen MR) is 64.6 cm³/mol. The molecule has 16 heavy (non-hydrogen) atoms. The minimum atomic E-state index is 0.533. The molecule has 0 spiro atoms. The Morgan fingerprint density at radius 2 is 2.25 bits per heavy atom. The van der Waals surface area contributed by atoms with Gasteiger partial charge < -0.3 is 15.8 Å². The predicted octanol–water partition coefficient (Wildman–Crippen LogP) is 1.19. The lowest BCUT2D eigenvalue weighted by Gasteiger charge is -2.14. The molecule has 1 unspecified atom stereocenters. The average molecular weight is 224 g/mol. The molecule has 0 saturated carbocycles. The van der Waals surface area contributed by atoms with Crippen molar-refractivity contribution in [1.82, 2.24) is 9.97 Å². The highest BCUT2D eigenvalue weighted by atomic mass is 16.5. The van der Waals surface area contributed by atoms with Crippen molar-refractivity contribution < 1.29 is 4.74 Å². The highest BCUT2D eigenvalue weighted by Gasteiger charge is 2.07. The van der Waals surface area contributed by atoms with E-state index >= 15 is 0 Å². The first-order chi connectivity index (χ1) is 7.69. The van der Waals surface area contributed by atoms with Gasteiger partial charge >= 0.3 is 0 Å². The quantitative estimate of drug-likeness (QED) is 0.759. The van der Waals surface area contributed by atoms with E-state index in [1.54, 1.807) is 7.11 Å². The molecule has 0 radical (unpaired) electrons. The molecule has 0 bridgehead atoms. The van der Waals surface area contributed by atoms with Crippen molar-refractivity contribution in [3.8, 4) is 5.88 Å². The van der Waals surface area contributed by atoms with E-state index in [1.807, 2.05) is 6.92 Å². The third kappa shape index (κ3) is 3.34. The number of aromatic nitrogens is 2. The molecule has 90 valence electrons. The molecule has 1 rings (SSSR count). The first-order valence-electron chi connectivity index (χ1n) is 5.48. The summed E-state index contributed by atoms with van der Waals surface area (Å²) in [5, 5.41) is 3.29. The molecule has 1 atom stereocenters. The van der Waals surface area contributed by atoms with Gasteiger partial charge in [-0.1, -0.05) is 6.92 Å². The molecule has 0 aliphatic rings. The Balaban J connectivity index is 2.60. The molecular formula is C11H20N4O. The van der Waals surface area contributed by atoms with Crippen LogP contribution in [0, 0.1) is 12.8 Å². The Morgan fingerprint density at radius 1 is 1.50 bits per heavy atom. The van der Waals surface area contributed by atoms with E-state index in [2.05, 4.69) is 22.2 Å². The fourth-order valence-corrected chi connectivity index (χ4v) is 1.48. The van der Waals surface area contributed by atoms with Crippen molar-refractivity contribution in [1.29, 1.82) is 0 Å². The van der Waals surface area contributed by atoms with Gasteiger partial charge in [0.2, 0.25) is 5.88 Å². The Kier molecular flexibility index (Phi) is 4.98. The Labute approximate surface area is 96.4 Å². The van der Waals surface area contributed by atoms with E-state index in [-0.39, 0.29) is 0 Å². The molecule has 5 heteroatoms. The normalized spacial score (nSPS) is 12.2. The molecule has 3 N–H and O–H groups in total. The first-order valence-corrected chi connectivity index (χ1v) is 5.48. The van der Waals surface area contributed by atoms with Gasteiger partial charge in [-0.15, -0.1) is 0 Å². The van der Waals surface area contributed by atoms with E-state index < -0.39 is 0 Å². The lowest BCUT2D eigenvalue weighted by molar-refractivity contribution is 0.393. The van der Waals surface area contributed by atoms with Crippen LogP contribution in [0.2, 0.25) is 0 Å². The number of ether oxygens (including phenoxy) is 1. The summed E-state index contributed by atoms with van der Waals surface area (Å²) >= 11 is 0. The summed E-state index contributed by atoms with van der Waals surface area (Å²) in [5.41, 5.74) is 6.44. The van der Waals surface area contributed by atoms with Gasteiger partial charge in [-0.3, -0.25) is 0 Å². The number of methoxy groups -OCH3 is 1. The van der Waals surface area contributed by atoms with Crippen LogP contribution in [0.1, 0.15) is 18.9 Å². The van der Waals surface area contributed by atoms with Crippen LogP contribution >= 0.6 is 0 Å². The van der Waals surface area contributed by atoms with Crippen molar-refractivity contribution in [3.05, 3.63) is 11.9 Å². The second-order valence-corrected chi connectivity index (χ2v) is 3.92. The first kappa shape index (κ1) is 12.7. The summed E-state index contributed by atoms with van der Waals surface area (Å²) in [5.74, 6) is 1.98. The zero-order valence-corrected chi connectivity index (χ0v) is 10.2. The molecule has 1 heterocycles. The smallest absolute Gasteiger partial charge is 0.221 e. The summed E-state index contributed by atoms with van der Waals surface area (Å²) in [6, 6.07) is 0. The standard InChI is InChI=1S/C11H20N4O/c1-8(4-5-12)6-13-10-9(2)11(16-3)15-7-14-10/h7-8H,4-6,12H2,1-3H3,(H,13,14,15). The Bertz CT molecular complexity index is 330. The fraction of sp³-hybridized carbons (Fsp3) is 0.636. The number of nitrogens with two attached hydrogens (primary N) is 1. The molecule has 0 fully saturated rings. The lowest BCUT2D eigenvalue weighted by Crippen LogP contribution is -2.16. The Hall–Kier alpha value is -1.36. The third-order valence-electron chi connectivity index (χ3n) is 2.51. The van der Waals surface area contributed by atoms with Crippen molar-refractivity contribution in [2.75, 3.05) is 25.5 Å². The van der Waals surface area contributed by atoms with E-state index in [9.17, 15) is 0 Å². The Morgan fingerprint density at radius 3 is 2.88 bits per heavy atom. The molecule has 0 aliphatic carbocycles. The van der Waals surface area contributed by atoms with Crippen LogP contribution < -0.4 is 15.8 Å². The molecule has 5 nitrogen and oxygen atoms in total. The van der Waals surface area contributed by atoms with Crippen LogP contribution in [-0.4, -0.2) is 30.2 Å². The minimum Gasteiger partial charge on any atom is -0.481 e. The van der Waals surface area contributed by atoms with Crippen LogP contribution in [0.5, 0.6) is 5.88 Å². The topological polar surface area (TPSA) is 73.1 Å². The van der Waals surface area contributed by atoms with Gasteiger partial charge in [0.05, 0.1) is 12.7 Å². The number of nitrogens with one attached hydrogen (secondary N) is 1. The largest absolute Gasteiger partial charge is 0.481 e. The van der Waals surface area contributed by atoms with Crippen LogP contribution in [0.4, 0.5) is 5.82 Å². The molecule has 1 aromatic rings. The fourth-order valence-electron chi connectivity index (χ4n) is 1.48. The van der Waals surface area contributed by atoms with Crippen LogP contribution in [0.15, 0.2) is 6.33 Å². The summed E-state index contributed by atoms with van der Waals surface area (Å²) in [6.45, 7) is 5.68. The third-order valence-corrected chi connectivity index (χ3v) is 2.51. The van der Waals surface area contributed by atoms with Gasteiger partial charge in [0.25, 0.3) is 0 Å². The van der Waals surface area contributed by atoms with Gasteiger partial charge in [-0.2, -0.15) is 0 Å². The maximum atomic E-state index is 5.50. The van der Waals surface area contributed by atoms with Crippen molar-refractivity contribution in [2.24, 2.45) is 11.7 Å². The molecule has 1 aromatic heterocycles. The minimum absolute atomic E-state index is 0.533. The van der Waals surface area contributed by atoms with Crippen LogP contribution in [0.3, 0.4) is 0 Å². The van der Waals surface area contributed by atoms with Gasteiger partial charge in [0.15, 0.2) is 0 Å². The summed E-state index contributed by atoms with van der Waals surface area (Å²) in [7, 11) is 1.61. The monoisotopic (exact) mass is 224 g/mol. The van der Waals surface area contributed by atoms with E-state index in [1.165, 1.54) is 6.33 Å². The van der Waals surface area contributed by atoms with Gasteiger partial charge in [0.1, 0.15) is 12.1 Å². The second-order valence-electron chi connectivity index (χ2n) is 3.92. The van der Waals surface area contributed by atoms with E-state index in [4.69, 9.17) is 10.5 Å². The molecule has 0 saturated heterocycles. The highest BCUT2D eigenvalue weighted by Crippen LogP contribution is 2.19. The molecule has 0 aromatic carbocycles. The number of hydrogen-bond donors (Lipinski definition) is 2. The SMILES string of the molecule is COc1ncnc(NCC(C)CCN)c1C. The zero-order valence-electron chi connectivity index (χ0n) is 10.2. The number of hydrogen-bond acceptors (Lipinski definition) is 5. The number of anilines is 1. The maximum absolute atomic E-state index is 5.50. The van der Waals surface area contributed by atoms with Gasteiger partial charge in [-0.25, -0.2) is 9.97 Å². The summed E-state index contributed by atoms with van der Waals surface area (Å²) in [6.07, 6.45) is 2.51. The highest BCUT2D eigenvalue weighted by molar-refractivity contribution is 5.47. The molecular weight excluding hydrogens is 204 g/mol. The zero-order chi connectivity index (χ0) is 12.0. The summed E-state index contributed by atoms with van der Waals surface area (Å²) in [4.78, 5) is 8.21. The van der Waals surface area contributed by atoms with Crippen molar-refractivity contribution >= 4 is 5.82 Å². The van der Waals surface area contributed by atoms with E-state index in [0.717, 1.165) is 30.9 Å². The van der Waals surface area contributed by atoms with Crippen molar-refractivity contribution in [3.63, 3.8) is 0 Å². The number of nitrogens with zero attached hydrogens (tertiary/aromatic N) is 2. The second kappa shape index (κ2) is 6.27.